The Hall–Kier alpha value is -0.0800. The summed E-state index contributed by atoms with van der Waals surface area (Å²) in [5.74, 6) is 0.902. The summed E-state index contributed by atoms with van der Waals surface area (Å²) in [6.45, 7) is 6.17. The molecule has 2 saturated carbocycles. The topological polar surface area (TPSA) is 32.3 Å². The minimum atomic E-state index is 0.0381. The lowest BCUT2D eigenvalue weighted by Gasteiger charge is -2.33. The highest BCUT2D eigenvalue weighted by Crippen LogP contribution is 2.38. The summed E-state index contributed by atoms with van der Waals surface area (Å²) in [4.78, 5) is 0. The van der Waals surface area contributed by atoms with Gasteiger partial charge in [0.2, 0.25) is 0 Å². The molecule has 0 heterocycles. The molecule has 2 nitrogen and oxygen atoms in total. The van der Waals surface area contributed by atoms with Crippen molar-refractivity contribution in [1.29, 1.82) is 0 Å². The van der Waals surface area contributed by atoms with E-state index in [1.54, 1.807) is 0 Å². The Labute approximate surface area is 99.8 Å². The van der Waals surface area contributed by atoms with E-state index < -0.39 is 0 Å². The Kier molecular flexibility index (Phi) is 3.60. The summed E-state index contributed by atoms with van der Waals surface area (Å²) < 4.78 is 0. The van der Waals surface area contributed by atoms with E-state index in [1.165, 1.54) is 32.1 Å². The second-order valence-electron chi connectivity index (χ2n) is 6.78. The average Bonchev–Trinajstić information content (AvgIpc) is 3.04. The van der Waals surface area contributed by atoms with Crippen molar-refractivity contribution in [3.63, 3.8) is 0 Å². The van der Waals surface area contributed by atoms with Crippen LogP contribution < -0.4 is 5.32 Å². The van der Waals surface area contributed by atoms with Gasteiger partial charge >= 0.3 is 0 Å². The maximum Gasteiger partial charge on any atom is 0.0613 e. The zero-order valence-corrected chi connectivity index (χ0v) is 10.9. The van der Waals surface area contributed by atoms with Crippen LogP contribution in [0.5, 0.6) is 0 Å². The van der Waals surface area contributed by atoms with Crippen LogP contribution in [-0.2, 0) is 0 Å². The summed E-state index contributed by atoms with van der Waals surface area (Å²) in [6, 6.07) is 0. The molecule has 16 heavy (non-hydrogen) atoms. The number of aliphatic hydroxyl groups is 1. The third-order valence-electron chi connectivity index (χ3n) is 4.55. The Balaban J connectivity index is 1.90. The first-order chi connectivity index (χ1) is 7.55. The van der Waals surface area contributed by atoms with Crippen LogP contribution in [0.25, 0.3) is 0 Å². The maximum atomic E-state index is 9.71. The number of nitrogens with one attached hydrogen (secondary N) is 1. The first kappa shape index (κ1) is 12.4. The van der Waals surface area contributed by atoms with Gasteiger partial charge in [-0.2, -0.15) is 0 Å². The molecule has 0 aromatic heterocycles. The maximum absolute atomic E-state index is 9.71. The van der Waals surface area contributed by atoms with Gasteiger partial charge in [-0.15, -0.1) is 0 Å². The van der Waals surface area contributed by atoms with E-state index in [9.17, 15) is 5.11 Å². The monoisotopic (exact) mass is 225 g/mol. The molecule has 0 saturated heterocycles. The molecule has 2 aliphatic rings. The number of hydrogen-bond acceptors (Lipinski definition) is 2. The van der Waals surface area contributed by atoms with Crippen LogP contribution in [0.4, 0.5) is 0 Å². The fourth-order valence-corrected chi connectivity index (χ4v) is 2.81. The normalized spacial score (nSPS) is 34.7. The summed E-state index contributed by atoms with van der Waals surface area (Å²) >= 11 is 0. The summed E-state index contributed by atoms with van der Waals surface area (Å²) in [7, 11) is 0. The molecule has 2 aliphatic carbocycles. The van der Waals surface area contributed by atoms with Crippen molar-refractivity contribution < 1.29 is 5.11 Å². The van der Waals surface area contributed by atoms with Crippen molar-refractivity contribution in [3.05, 3.63) is 0 Å². The predicted octanol–water partition coefficient (Wildman–Crippen LogP) is 2.71. The predicted molar refractivity (Wildman–Crippen MR) is 67.4 cm³/mol. The van der Waals surface area contributed by atoms with Gasteiger partial charge in [-0.1, -0.05) is 20.3 Å². The molecule has 1 atom stereocenters. The molecule has 0 aromatic rings. The number of rotatable bonds is 4. The van der Waals surface area contributed by atoms with Crippen LogP contribution >= 0.6 is 0 Å². The summed E-state index contributed by atoms with van der Waals surface area (Å²) in [5, 5.41) is 13.4. The first-order valence-corrected chi connectivity index (χ1v) is 6.91. The molecule has 94 valence electrons. The minimum Gasteiger partial charge on any atom is -0.394 e. The lowest BCUT2D eigenvalue weighted by atomic mass is 9.83. The Morgan fingerprint density at radius 2 is 1.88 bits per heavy atom. The molecule has 0 aromatic carbocycles. The van der Waals surface area contributed by atoms with E-state index >= 15 is 0 Å². The number of hydrogen-bond donors (Lipinski definition) is 2. The van der Waals surface area contributed by atoms with Gasteiger partial charge in [0.05, 0.1) is 6.61 Å². The molecule has 0 radical (unpaired) electrons. The van der Waals surface area contributed by atoms with E-state index in [0.29, 0.717) is 12.0 Å². The minimum absolute atomic E-state index is 0.0381. The second kappa shape index (κ2) is 4.66. The molecule has 2 heteroatoms. The zero-order valence-electron chi connectivity index (χ0n) is 10.9. The Morgan fingerprint density at radius 1 is 1.12 bits per heavy atom. The molecule has 2 rings (SSSR count). The standard InChI is InChI=1S/C14H27NO/c1-13(2)6-3-7-14(11-16,9-8-13)15-10-12-4-5-12/h12,15-16H,3-11H2,1-2H3. The third-order valence-corrected chi connectivity index (χ3v) is 4.55. The Morgan fingerprint density at radius 3 is 2.50 bits per heavy atom. The molecule has 0 bridgehead atoms. The van der Waals surface area contributed by atoms with Gasteiger partial charge in [-0.25, -0.2) is 0 Å². The summed E-state index contributed by atoms with van der Waals surface area (Å²) in [6.07, 6.45) is 8.87. The highest BCUT2D eigenvalue weighted by molar-refractivity contribution is 4.94. The van der Waals surface area contributed by atoms with Crippen molar-refractivity contribution in [1.82, 2.24) is 5.32 Å². The van der Waals surface area contributed by atoms with Crippen LogP contribution in [-0.4, -0.2) is 23.8 Å². The SMILES string of the molecule is CC1(C)CCCC(CO)(NCC2CC2)CC1. The lowest BCUT2D eigenvalue weighted by Crippen LogP contribution is -2.49. The fourth-order valence-electron chi connectivity index (χ4n) is 2.81. The molecule has 0 spiro atoms. The van der Waals surface area contributed by atoms with Crippen LogP contribution in [0.1, 0.15) is 58.8 Å². The highest BCUT2D eigenvalue weighted by atomic mass is 16.3. The van der Waals surface area contributed by atoms with Crippen molar-refractivity contribution >= 4 is 0 Å². The second-order valence-corrected chi connectivity index (χ2v) is 6.78. The van der Waals surface area contributed by atoms with Crippen molar-refractivity contribution in [3.8, 4) is 0 Å². The van der Waals surface area contributed by atoms with Crippen molar-refractivity contribution in [2.45, 2.75) is 64.3 Å². The lowest BCUT2D eigenvalue weighted by molar-refractivity contribution is 0.139. The zero-order chi connectivity index (χ0) is 11.6. The van der Waals surface area contributed by atoms with Crippen LogP contribution in [0, 0.1) is 11.3 Å². The smallest absolute Gasteiger partial charge is 0.0613 e. The van der Waals surface area contributed by atoms with Crippen LogP contribution in [0.2, 0.25) is 0 Å². The largest absolute Gasteiger partial charge is 0.394 e. The quantitative estimate of drug-likeness (QED) is 0.721. The van der Waals surface area contributed by atoms with E-state index in [4.69, 9.17) is 0 Å². The molecular formula is C14H27NO. The fraction of sp³-hybridized carbons (Fsp3) is 1.00. The van der Waals surface area contributed by atoms with Gasteiger partial charge < -0.3 is 10.4 Å². The average molecular weight is 225 g/mol. The first-order valence-electron chi connectivity index (χ1n) is 6.91. The molecule has 0 aliphatic heterocycles. The molecule has 2 N–H and O–H groups in total. The molecule has 2 fully saturated rings. The van der Waals surface area contributed by atoms with Gasteiger partial charge in [-0.3, -0.25) is 0 Å². The van der Waals surface area contributed by atoms with E-state index in [1.807, 2.05) is 0 Å². The van der Waals surface area contributed by atoms with Gasteiger partial charge in [0, 0.05) is 5.54 Å². The Bertz CT molecular complexity index is 235. The molecule has 0 amide bonds. The van der Waals surface area contributed by atoms with Crippen LogP contribution in [0.3, 0.4) is 0 Å². The van der Waals surface area contributed by atoms with Gasteiger partial charge in [0.25, 0.3) is 0 Å². The van der Waals surface area contributed by atoms with Gasteiger partial charge in [0.15, 0.2) is 0 Å². The van der Waals surface area contributed by atoms with Crippen LogP contribution in [0.15, 0.2) is 0 Å². The molecule has 1 unspecified atom stereocenters. The van der Waals surface area contributed by atoms with Crippen molar-refractivity contribution in [2.75, 3.05) is 13.2 Å². The van der Waals surface area contributed by atoms with Gasteiger partial charge in [0.1, 0.15) is 0 Å². The number of aliphatic hydroxyl groups excluding tert-OH is 1. The van der Waals surface area contributed by atoms with E-state index in [-0.39, 0.29) is 5.54 Å². The third kappa shape index (κ3) is 3.21. The van der Waals surface area contributed by atoms with E-state index in [2.05, 4.69) is 19.2 Å². The summed E-state index contributed by atoms with van der Waals surface area (Å²) in [5.41, 5.74) is 0.508. The van der Waals surface area contributed by atoms with E-state index in [0.717, 1.165) is 25.3 Å². The van der Waals surface area contributed by atoms with Crippen molar-refractivity contribution in [2.24, 2.45) is 11.3 Å². The molecular weight excluding hydrogens is 198 g/mol. The highest BCUT2D eigenvalue weighted by Gasteiger charge is 2.36. The van der Waals surface area contributed by atoms with Gasteiger partial charge in [-0.05, 0) is 56.4 Å².